The lowest BCUT2D eigenvalue weighted by Gasteiger charge is -2.06. The number of rotatable bonds is 4. The van der Waals surface area contributed by atoms with E-state index in [1.165, 1.54) is 12.8 Å². The van der Waals surface area contributed by atoms with Gasteiger partial charge in [-0.15, -0.1) is 5.10 Å². The van der Waals surface area contributed by atoms with Crippen LogP contribution in [0.3, 0.4) is 0 Å². The van der Waals surface area contributed by atoms with E-state index in [-0.39, 0.29) is 5.75 Å². The highest BCUT2D eigenvalue weighted by atomic mass is 16.3. The van der Waals surface area contributed by atoms with Crippen LogP contribution in [0.1, 0.15) is 12.8 Å². The molecular formula is C16H16N4O. The van der Waals surface area contributed by atoms with Gasteiger partial charge in [-0.3, -0.25) is 0 Å². The third kappa shape index (κ3) is 2.42. The Kier molecular flexibility index (Phi) is 2.77. The summed E-state index contributed by atoms with van der Waals surface area (Å²) in [6.07, 6.45) is 4.41. The first-order valence-electron chi connectivity index (χ1n) is 7.18. The van der Waals surface area contributed by atoms with Crippen molar-refractivity contribution in [1.29, 1.82) is 0 Å². The molecule has 5 nitrogen and oxygen atoms in total. The molecule has 1 saturated carbocycles. The maximum atomic E-state index is 9.63. The van der Waals surface area contributed by atoms with Gasteiger partial charge in [-0.25, -0.2) is 9.50 Å². The molecule has 2 heterocycles. The molecule has 1 fully saturated rings. The molecule has 0 saturated heterocycles. The monoisotopic (exact) mass is 280 g/mol. The lowest BCUT2D eigenvalue weighted by molar-refractivity contribution is 0.475. The largest absolute Gasteiger partial charge is 0.508 e. The van der Waals surface area contributed by atoms with Gasteiger partial charge in [-0.1, -0.05) is 12.1 Å². The van der Waals surface area contributed by atoms with Crippen molar-refractivity contribution >= 4 is 11.5 Å². The quantitative estimate of drug-likeness (QED) is 0.771. The number of hydrogen-bond acceptors (Lipinski definition) is 4. The van der Waals surface area contributed by atoms with Gasteiger partial charge in [0.05, 0.1) is 11.9 Å². The van der Waals surface area contributed by atoms with Crippen LogP contribution < -0.4 is 5.32 Å². The Hall–Kier alpha value is -2.56. The van der Waals surface area contributed by atoms with Crippen LogP contribution in [0.5, 0.6) is 5.75 Å². The van der Waals surface area contributed by atoms with Crippen molar-refractivity contribution in [3.8, 4) is 17.0 Å². The van der Waals surface area contributed by atoms with E-state index >= 15 is 0 Å². The summed E-state index contributed by atoms with van der Waals surface area (Å²) in [6, 6.07) is 11.0. The number of anilines is 1. The van der Waals surface area contributed by atoms with Gasteiger partial charge in [0.2, 0.25) is 0 Å². The summed E-state index contributed by atoms with van der Waals surface area (Å²) >= 11 is 0. The van der Waals surface area contributed by atoms with Gasteiger partial charge in [0.25, 0.3) is 0 Å². The molecule has 0 radical (unpaired) electrons. The number of benzene rings is 1. The van der Waals surface area contributed by atoms with Gasteiger partial charge in [0, 0.05) is 12.1 Å². The first-order valence-corrected chi connectivity index (χ1v) is 7.18. The van der Waals surface area contributed by atoms with Crippen LogP contribution in [-0.2, 0) is 0 Å². The zero-order valence-corrected chi connectivity index (χ0v) is 11.5. The second-order valence-electron chi connectivity index (χ2n) is 5.51. The van der Waals surface area contributed by atoms with Crippen LogP contribution >= 0.6 is 0 Å². The standard InChI is InChI=1S/C16H16N4O/c21-13-3-1-2-12(8-13)14-10-18-16-7-6-15(19-20(14)16)17-9-11-4-5-11/h1-3,6-8,10-11,21H,4-5,9H2,(H,17,19). The fourth-order valence-electron chi connectivity index (χ4n) is 2.40. The van der Waals surface area contributed by atoms with Crippen molar-refractivity contribution in [3.63, 3.8) is 0 Å². The maximum absolute atomic E-state index is 9.63. The van der Waals surface area contributed by atoms with Gasteiger partial charge in [-0.05, 0) is 43.0 Å². The molecule has 5 heteroatoms. The van der Waals surface area contributed by atoms with Gasteiger partial charge < -0.3 is 10.4 Å². The zero-order valence-electron chi connectivity index (χ0n) is 11.5. The van der Waals surface area contributed by atoms with E-state index in [9.17, 15) is 5.11 Å². The number of phenolic OH excluding ortho intramolecular Hbond substituents is 1. The van der Waals surface area contributed by atoms with E-state index in [1.807, 2.05) is 28.8 Å². The fourth-order valence-corrected chi connectivity index (χ4v) is 2.40. The number of imidazole rings is 1. The number of nitrogens with one attached hydrogen (secondary N) is 1. The Morgan fingerprint density at radius 3 is 2.95 bits per heavy atom. The van der Waals surface area contributed by atoms with Crippen molar-refractivity contribution in [2.75, 3.05) is 11.9 Å². The third-order valence-corrected chi connectivity index (χ3v) is 3.77. The maximum Gasteiger partial charge on any atom is 0.154 e. The van der Waals surface area contributed by atoms with Gasteiger partial charge in [0.15, 0.2) is 5.65 Å². The molecule has 3 aromatic rings. The summed E-state index contributed by atoms with van der Waals surface area (Å²) in [5.41, 5.74) is 2.57. The Morgan fingerprint density at radius 2 is 2.14 bits per heavy atom. The molecule has 4 rings (SSSR count). The molecule has 0 unspecified atom stereocenters. The average molecular weight is 280 g/mol. The number of aromatic hydroxyl groups is 1. The molecule has 0 atom stereocenters. The molecule has 1 aliphatic carbocycles. The molecule has 21 heavy (non-hydrogen) atoms. The first kappa shape index (κ1) is 12.2. The Balaban J connectivity index is 1.72. The summed E-state index contributed by atoms with van der Waals surface area (Å²) in [7, 11) is 0. The van der Waals surface area contributed by atoms with E-state index in [0.717, 1.165) is 35.2 Å². The van der Waals surface area contributed by atoms with Crippen molar-refractivity contribution in [2.45, 2.75) is 12.8 Å². The van der Waals surface area contributed by atoms with Crippen molar-refractivity contribution in [1.82, 2.24) is 14.6 Å². The lowest BCUT2D eigenvalue weighted by Crippen LogP contribution is -2.07. The van der Waals surface area contributed by atoms with E-state index < -0.39 is 0 Å². The molecule has 0 spiro atoms. The smallest absolute Gasteiger partial charge is 0.154 e. The second-order valence-corrected chi connectivity index (χ2v) is 5.51. The summed E-state index contributed by atoms with van der Waals surface area (Å²) in [6.45, 7) is 0.981. The first-order chi connectivity index (χ1) is 10.3. The van der Waals surface area contributed by atoms with E-state index in [4.69, 9.17) is 0 Å². The molecule has 1 aromatic carbocycles. The number of aromatic nitrogens is 3. The van der Waals surface area contributed by atoms with Crippen molar-refractivity contribution in [3.05, 3.63) is 42.6 Å². The number of phenols is 1. The predicted octanol–water partition coefficient (Wildman–Crippen LogP) is 2.92. The highest BCUT2D eigenvalue weighted by Gasteiger charge is 2.20. The third-order valence-electron chi connectivity index (χ3n) is 3.77. The van der Waals surface area contributed by atoms with Crippen molar-refractivity contribution in [2.24, 2.45) is 5.92 Å². The van der Waals surface area contributed by atoms with Crippen molar-refractivity contribution < 1.29 is 5.11 Å². The Labute approximate surface area is 122 Å². The zero-order chi connectivity index (χ0) is 14.2. The Bertz CT molecular complexity index is 792. The van der Waals surface area contributed by atoms with E-state index in [2.05, 4.69) is 15.4 Å². The molecule has 2 N–H and O–H groups in total. The summed E-state index contributed by atoms with van der Waals surface area (Å²) in [5.74, 6) is 1.90. The number of fused-ring (bicyclic) bond motifs is 1. The molecule has 0 bridgehead atoms. The number of hydrogen-bond donors (Lipinski definition) is 2. The minimum Gasteiger partial charge on any atom is -0.508 e. The minimum atomic E-state index is 0.241. The van der Waals surface area contributed by atoms with Gasteiger partial charge >= 0.3 is 0 Å². The highest BCUT2D eigenvalue weighted by Crippen LogP contribution is 2.29. The molecule has 2 aromatic heterocycles. The van der Waals surface area contributed by atoms with Crippen LogP contribution in [0.25, 0.3) is 16.9 Å². The number of nitrogens with zero attached hydrogens (tertiary/aromatic N) is 3. The lowest BCUT2D eigenvalue weighted by atomic mass is 10.1. The topological polar surface area (TPSA) is 62.5 Å². The van der Waals surface area contributed by atoms with Crippen LogP contribution in [0.4, 0.5) is 5.82 Å². The summed E-state index contributed by atoms with van der Waals surface area (Å²) in [5, 5.41) is 17.6. The average Bonchev–Trinajstić information content (AvgIpc) is 3.23. The SMILES string of the molecule is Oc1cccc(-c2cnc3ccc(NCC4CC4)nn23)c1. The van der Waals surface area contributed by atoms with Crippen LogP contribution in [0.15, 0.2) is 42.6 Å². The Morgan fingerprint density at radius 1 is 1.24 bits per heavy atom. The minimum absolute atomic E-state index is 0.241. The summed E-state index contributed by atoms with van der Waals surface area (Å²) in [4.78, 5) is 4.36. The van der Waals surface area contributed by atoms with E-state index in [0.29, 0.717) is 0 Å². The van der Waals surface area contributed by atoms with Crippen LogP contribution in [0.2, 0.25) is 0 Å². The highest BCUT2D eigenvalue weighted by molar-refractivity contribution is 5.65. The van der Waals surface area contributed by atoms with Crippen LogP contribution in [-0.4, -0.2) is 26.2 Å². The fraction of sp³-hybridized carbons (Fsp3) is 0.250. The van der Waals surface area contributed by atoms with Gasteiger partial charge in [-0.2, -0.15) is 0 Å². The summed E-state index contributed by atoms with van der Waals surface area (Å²) < 4.78 is 1.81. The molecule has 1 aliphatic rings. The molecular weight excluding hydrogens is 264 g/mol. The molecule has 0 amide bonds. The normalized spacial score (nSPS) is 14.5. The molecule has 0 aliphatic heterocycles. The second kappa shape index (κ2) is 4.77. The van der Waals surface area contributed by atoms with E-state index in [1.54, 1.807) is 18.3 Å². The van der Waals surface area contributed by atoms with Gasteiger partial charge in [0.1, 0.15) is 11.6 Å². The molecule has 106 valence electrons. The van der Waals surface area contributed by atoms with Crippen LogP contribution in [0, 0.1) is 5.92 Å². The predicted molar refractivity (Wildman–Crippen MR) is 81.3 cm³/mol.